The highest BCUT2D eigenvalue weighted by atomic mass is 127. The monoisotopic (exact) mass is 475 g/mol. The second-order valence-corrected chi connectivity index (χ2v) is 7.60. The van der Waals surface area contributed by atoms with Crippen molar-refractivity contribution in [2.45, 2.75) is 32.9 Å². The van der Waals surface area contributed by atoms with Crippen molar-refractivity contribution in [1.29, 1.82) is 0 Å². The fourth-order valence-corrected chi connectivity index (χ4v) is 3.07. The van der Waals surface area contributed by atoms with Gasteiger partial charge >= 0.3 is 0 Å². The van der Waals surface area contributed by atoms with Crippen LogP contribution in [-0.4, -0.2) is 5.91 Å². The highest BCUT2D eigenvalue weighted by molar-refractivity contribution is 14.1. The fourth-order valence-electron chi connectivity index (χ4n) is 2.71. The van der Waals surface area contributed by atoms with Crippen LogP contribution in [-0.2, 0) is 6.61 Å². The van der Waals surface area contributed by atoms with Gasteiger partial charge in [0.2, 0.25) is 0 Å². The van der Waals surface area contributed by atoms with Gasteiger partial charge in [-0.3, -0.25) is 4.79 Å². The SMILES string of the molecule is CCC(NC(=O)c1ccc(COc2ccc(I)cc2)o1)c1ccc(C)cc1. The van der Waals surface area contributed by atoms with Crippen LogP contribution < -0.4 is 10.1 Å². The Morgan fingerprint density at radius 2 is 1.78 bits per heavy atom. The molecular formula is C22H22INO3. The van der Waals surface area contributed by atoms with Crippen LogP contribution in [0.4, 0.5) is 0 Å². The van der Waals surface area contributed by atoms with E-state index < -0.39 is 0 Å². The maximum atomic E-state index is 12.5. The molecule has 0 bridgehead atoms. The van der Waals surface area contributed by atoms with Crippen LogP contribution >= 0.6 is 22.6 Å². The van der Waals surface area contributed by atoms with E-state index in [-0.39, 0.29) is 18.6 Å². The predicted molar refractivity (Wildman–Crippen MR) is 114 cm³/mol. The number of aryl methyl sites for hydroxylation is 1. The molecule has 140 valence electrons. The summed E-state index contributed by atoms with van der Waals surface area (Å²) in [5.74, 6) is 1.45. The number of nitrogens with one attached hydrogen (secondary N) is 1. The molecule has 1 heterocycles. The molecule has 1 aromatic heterocycles. The minimum absolute atomic E-state index is 0.0466. The minimum atomic E-state index is -0.220. The summed E-state index contributed by atoms with van der Waals surface area (Å²) in [5.41, 5.74) is 2.29. The van der Waals surface area contributed by atoms with Gasteiger partial charge in [-0.25, -0.2) is 0 Å². The molecule has 0 fully saturated rings. The lowest BCUT2D eigenvalue weighted by atomic mass is 10.0. The molecule has 27 heavy (non-hydrogen) atoms. The zero-order valence-electron chi connectivity index (χ0n) is 15.4. The first-order chi connectivity index (χ1) is 13.0. The van der Waals surface area contributed by atoms with Crippen molar-refractivity contribution in [3.8, 4) is 5.75 Å². The Kier molecular flexibility index (Phi) is 6.55. The van der Waals surface area contributed by atoms with Crippen LogP contribution in [0.5, 0.6) is 5.75 Å². The largest absolute Gasteiger partial charge is 0.486 e. The Hall–Kier alpha value is -2.28. The van der Waals surface area contributed by atoms with E-state index in [0.717, 1.165) is 21.3 Å². The maximum absolute atomic E-state index is 12.5. The maximum Gasteiger partial charge on any atom is 0.287 e. The van der Waals surface area contributed by atoms with Gasteiger partial charge in [0.15, 0.2) is 5.76 Å². The molecule has 1 atom stereocenters. The normalized spacial score (nSPS) is 11.8. The van der Waals surface area contributed by atoms with Gasteiger partial charge in [-0.2, -0.15) is 0 Å². The topological polar surface area (TPSA) is 51.5 Å². The van der Waals surface area contributed by atoms with E-state index in [1.165, 1.54) is 5.56 Å². The lowest BCUT2D eigenvalue weighted by molar-refractivity contribution is 0.0903. The van der Waals surface area contributed by atoms with Crippen molar-refractivity contribution in [3.63, 3.8) is 0 Å². The Bertz CT molecular complexity index is 885. The zero-order chi connectivity index (χ0) is 19.2. The highest BCUT2D eigenvalue weighted by Gasteiger charge is 2.17. The van der Waals surface area contributed by atoms with Crippen molar-refractivity contribution in [3.05, 3.63) is 86.9 Å². The third kappa shape index (κ3) is 5.35. The van der Waals surface area contributed by atoms with E-state index >= 15 is 0 Å². The van der Waals surface area contributed by atoms with Gasteiger partial charge < -0.3 is 14.5 Å². The molecule has 3 aromatic rings. The molecule has 1 amide bonds. The van der Waals surface area contributed by atoms with Crippen molar-refractivity contribution in [1.82, 2.24) is 5.32 Å². The summed E-state index contributed by atoms with van der Waals surface area (Å²) in [6.45, 7) is 4.38. The summed E-state index contributed by atoms with van der Waals surface area (Å²) in [7, 11) is 0. The van der Waals surface area contributed by atoms with Gasteiger partial charge in [0, 0.05) is 3.57 Å². The molecule has 0 aliphatic heterocycles. The number of benzene rings is 2. The van der Waals surface area contributed by atoms with E-state index in [1.54, 1.807) is 12.1 Å². The number of hydrogen-bond donors (Lipinski definition) is 1. The average molecular weight is 475 g/mol. The fraction of sp³-hybridized carbons (Fsp3) is 0.227. The van der Waals surface area contributed by atoms with E-state index in [1.807, 2.05) is 50.2 Å². The van der Waals surface area contributed by atoms with Gasteiger partial charge in [0.1, 0.15) is 18.1 Å². The smallest absolute Gasteiger partial charge is 0.287 e. The standard InChI is InChI=1S/C22H22INO3/c1-3-20(16-6-4-15(2)5-7-16)24-22(25)21-13-12-19(27-21)14-26-18-10-8-17(23)9-11-18/h4-13,20H,3,14H2,1-2H3,(H,24,25). The van der Waals surface area contributed by atoms with Gasteiger partial charge in [-0.15, -0.1) is 0 Å². The molecule has 0 aliphatic carbocycles. The first-order valence-electron chi connectivity index (χ1n) is 8.89. The van der Waals surface area contributed by atoms with Crippen LogP contribution in [0.25, 0.3) is 0 Å². The number of halogens is 1. The van der Waals surface area contributed by atoms with E-state index in [2.05, 4.69) is 40.0 Å². The lowest BCUT2D eigenvalue weighted by Crippen LogP contribution is -2.27. The number of furan rings is 1. The summed E-state index contributed by atoms with van der Waals surface area (Å²) in [6, 6.07) is 19.4. The van der Waals surface area contributed by atoms with Gasteiger partial charge in [-0.05, 0) is 77.9 Å². The molecule has 0 saturated heterocycles. The number of carbonyl (C=O) groups is 1. The zero-order valence-corrected chi connectivity index (χ0v) is 17.5. The molecule has 1 N–H and O–H groups in total. The van der Waals surface area contributed by atoms with Crippen LogP contribution in [0.2, 0.25) is 0 Å². The van der Waals surface area contributed by atoms with Crippen LogP contribution in [0.15, 0.2) is 65.1 Å². The molecule has 0 saturated carbocycles. The Labute approximate surface area is 173 Å². The van der Waals surface area contributed by atoms with Crippen molar-refractivity contribution >= 4 is 28.5 Å². The summed E-state index contributed by atoms with van der Waals surface area (Å²) in [4.78, 5) is 12.5. The third-order valence-electron chi connectivity index (χ3n) is 4.27. The number of amides is 1. The number of rotatable bonds is 7. The van der Waals surface area contributed by atoms with Gasteiger partial charge in [0.25, 0.3) is 5.91 Å². The van der Waals surface area contributed by atoms with Gasteiger partial charge in [-0.1, -0.05) is 36.8 Å². The molecule has 0 radical (unpaired) electrons. The third-order valence-corrected chi connectivity index (χ3v) is 4.99. The van der Waals surface area contributed by atoms with Crippen molar-refractivity contribution in [2.75, 3.05) is 0 Å². The molecule has 0 aliphatic rings. The number of carbonyl (C=O) groups excluding carboxylic acids is 1. The molecule has 2 aromatic carbocycles. The first-order valence-corrected chi connectivity index (χ1v) is 9.97. The van der Waals surface area contributed by atoms with E-state index in [4.69, 9.17) is 9.15 Å². The van der Waals surface area contributed by atoms with Crippen LogP contribution in [0, 0.1) is 10.5 Å². The second kappa shape index (κ2) is 9.08. The van der Waals surface area contributed by atoms with E-state index in [0.29, 0.717) is 11.5 Å². The second-order valence-electron chi connectivity index (χ2n) is 6.35. The predicted octanol–water partition coefficient (Wildman–Crippen LogP) is 5.65. The molecular weight excluding hydrogens is 453 g/mol. The minimum Gasteiger partial charge on any atom is -0.486 e. The molecule has 1 unspecified atom stereocenters. The van der Waals surface area contributed by atoms with Crippen LogP contribution in [0.3, 0.4) is 0 Å². The molecule has 5 heteroatoms. The lowest BCUT2D eigenvalue weighted by Gasteiger charge is -2.17. The average Bonchev–Trinajstić information content (AvgIpc) is 3.15. The summed E-state index contributed by atoms with van der Waals surface area (Å²) >= 11 is 2.25. The Morgan fingerprint density at radius 1 is 1.07 bits per heavy atom. The Balaban J connectivity index is 1.60. The quantitative estimate of drug-likeness (QED) is 0.450. The number of ether oxygens (including phenoxy) is 1. The summed E-state index contributed by atoms with van der Waals surface area (Å²) < 4.78 is 12.5. The molecule has 4 nitrogen and oxygen atoms in total. The van der Waals surface area contributed by atoms with Crippen molar-refractivity contribution < 1.29 is 13.9 Å². The van der Waals surface area contributed by atoms with Crippen LogP contribution in [0.1, 0.15) is 46.8 Å². The van der Waals surface area contributed by atoms with Crippen molar-refractivity contribution in [2.24, 2.45) is 0 Å². The Morgan fingerprint density at radius 3 is 2.44 bits per heavy atom. The molecule has 0 spiro atoms. The summed E-state index contributed by atoms with van der Waals surface area (Å²) in [6.07, 6.45) is 0.804. The highest BCUT2D eigenvalue weighted by Crippen LogP contribution is 2.19. The van der Waals surface area contributed by atoms with Gasteiger partial charge in [0.05, 0.1) is 6.04 Å². The molecule has 3 rings (SSSR count). The summed E-state index contributed by atoms with van der Waals surface area (Å²) in [5, 5.41) is 3.04. The van der Waals surface area contributed by atoms with E-state index in [9.17, 15) is 4.79 Å². The first kappa shape index (κ1) is 19.5. The number of hydrogen-bond acceptors (Lipinski definition) is 3.